The highest BCUT2D eigenvalue weighted by Crippen LogP contribution is 2.22. The van der Waals surface area contributed by atoms with Crippen LogP contribution in [0.4, 0.5) is 10.2 Å². The van der Waals surface area contributed by atoms with E-state index in [4.69, 9.17) is 0 Å². The number of halogens is 1. The number of aliphatic imine (C=N–C) groups is 1. The summed E-state index contributed by atoms with van der Waals surface area (Å²) in [4.78, 5) is 8.14. The number of allylic oxidation sites excluding steroid dienone is 1. The van der Waals surface area contributed by atoms with Gasteiger partial charge in [-0.2, -0.15) is 4.39 Å². The van der Waals surface area contributed by atoms with Crippen LogP contribution in [0, 0.1) is 5.95 Å². The molecule has 4 heteroatoms. The average Bonchev–Trinajstić information content (AvgIpc) is 2.49. The lowest BCUT2D eigenvalue weighted by atomic mass is 9.95. The van der Waals surface area contributed by atoms with Crippen LogP contribution in [0.5, 0.6) is 0 Å². The van der Waals surface area contributed by atoms with Gasteiger partial charge in [0.2, 0.25) is 5.95 Å². The predicted molar refractivity (Wildman–Crippen MR) is 86.5 cm³/mol. The molecule has 0 saturated carbocycles. The van der Waals surface area contributed by atoms with Crippen molar-refractivity contribution in [1.82, 2.24) is 4.98 Å². The molecule has 0 fully saturated rings. The van der Waals surface area contributed by atoms with Gasteiger partial charge in [-0.15, -0.1) is 0 Å². The number of pyridine rings is 1. The van der Waals surface area contributed by atoms with Crippen molar-refractivity contribution < 1.29 is 4.39 Å². The summed E-state index contributed by atoms with van der Waals surface area (Å²) >= 11 is 0. The molecule has 0 aliphatic heterocycles. The van der Waals surface area contributed by atoms with Gasteiger partial charge in [0.25, 0.3) is 0 Å². The molecule has 0 saturated heterocycles. The van der Waals surface area contributed by atoms with Crippen LogP contribution in [0.2, 0.25) is 0 Å². The standard InChI is InChI=1S/C17H18FN3/c1-11(2)12-7-5-6-8-13(12)16(20-4)14-9-10-15(19-3)21-17(14)18/h5-10H,1H2,2-4H3,(H,19,21)/b20-16+. The molecule has 0 aliphatic rings. The fraction of sp³-hybridized carbons (Fsp3) is 0.176. The normalized spacial score (nSPS) is 11.3. The van der Waals surface area contributed by atoms with E-state index >= 15 is 0 Å². The topological polar surface area (TPSA) is 37.3 Å². The first-order chi connectivity index (χ1) is 10.1. The molecule has 3 nitrogen and oxygen atoms in total. The van der Waals surface area contributed by atoms with Crippen LogP contribution < -0.4 is 5.32 Å². The van der Waals surface area contributed by atoms with Crippen molar-refractivity contribution >= 4 is 17.1 Å². The van der Waals surface area contributed by atoms with E-state index in [0.717, 1.165) is 16.7 Å². The van der Waals surface area contributed by atoms with E-state index in [0.29, 0.717) is 17.1 Å². The molecular weight excluding hydrogens is 265 g/mol. The van der Waals surface area contributed by atoms with Crippen LogP contribution in [-0.4, -0.2) is 24.8 Å². The molecule has 0 atom stereocenters. The van der Waals surface area contributed by atoms with Crippen molar-refractivity contribution in [2.45, 2.75) is 6.92 Å². The van der Waals surface area contributed by atoms with E-state index in [1.54, 1.807) is 26.2 Å². The van der Waals surface area contributed by atoms with Gasteiger partial charge in [0.1, 0.15) is 5.82 Å². The van der Waals surface area contributed by atoms with Gasteiger partial charge in [0, 0.05) is 19.7 Å². The van der Waals surface area contributed by atoms with Gasteiger partial charge in [-0.3, -0.25) is 4.99 Å². The van der Waals surface area contributed by atoms with E-state index in [1.807, 2.05) is 31.2 Å². The lowest BCUT2D eigenvalue weighted by Crippen LogP contribution is -2.10. The van der Waals surface area contributed by atoms with Gasteiger partial charge in [-0.1, -0.05) is 36.4 Å². The summed E-state index contributed by atoms with van der Waals surface area (Å²) in [5.41, 5.74) is 3.67. The van der Waals surface area contributed by atoms with Crippen LogP contribution in [0.1, 0.15) is 23.6 Å². The molecule has 0 aliphatic carbocycles. The minimum Gasteiger partial charge on any atom is -0.373 e. The second kappa shape index (κ2) is 6.31. The molecule has 1 aromatic carbocycles. The second-order valence-electron chi connectivity index (χ2n) is 4.68. The van der Waals surface area contributed by atoms with E-state index in [-0.39, 0.29) is 0 Å². The maximum atomic E-state index is 14.2. The van der Waals surface area contributed by atoms with Gasteiger partial charge in [-0.25, -0.2) is 4.98 Å². The Bertz CT molecular complexity index is 705. The largest absolute Gasteiger partial charge is 0.373 e. The van der Waals surface area contributed by atoms with E-state index in [2.05, 4.69) is 21.9 Å². The zero-order chi connectivity index (χ0) is 15.4. The van der Waals surface area contributed by atoms with Gasteiger partial charge in [0.15, 0.2) is 0 Å². The Hall–Kier alpha value is -2.49. The van der Waals surface area contributed by atoms with E-state index in [1.165, 1.54) is 0 Å². The molecule has 1 heterocycles. The Kier molecular flexibility index (Phi) is 4.48. The van der Waals surface area contributed by atoms with Crippen molar-refractivity contribution in [3.05, 3.63) is 65.6 Å². The highest BCUT2D eigenvalue weighted by molar-refractivity contribution is 6.15. The number of nitrogens with zero attached hydrogens (tertiary/aromatic N) is 2. The summed E-state index contributed by atoms with van der Waals surface area (Å²) in [5, 5.41) is 2.82. The van der Waals surface area contributed by atoms with E-state index < -0.39 is 5.95 Å². The van der Waals surface area contributed by atoms with Crippen LogP contribution in [-0.2, 0) is 0 Å². The van der Waals surface area contributed by atoms with Gasteiger partial charge >= 0.3 is 0 Å². The lowest BCUT2D eigenvalue weighted by molar-refractivity contribution is 0.583. The summed E-state index contributed by atoms with van der Waals surface area (Å²) in [5.74, 6) is -0.0566. The van der Waals surface area contributed by atoms with Gasteiger partial charge in [0.05, 0.1) is 11.3 Å². The molecule has 1 aromatic heterocycles. The van der Waals surface area contributed by atoms with Gasteiger partial charge < -0.3 is 5.32 Å². The molecule has 21 heavy (non-hydrogen) atoms. The fourth-order valence-electron chi connectivity index (χ4n) is 2.20. The number of nitrogens with one attached hydrogen (secondary N) is 1. The Balaban J connectivity index is 2.59. The molecule has 0 radical (unpaired) electrons. The smallest absolute Gasteiger partial charge is 0.224 e. The lowest BCUT2D eigenvalue weighted by Gasteiger charge is -2.13. The van der Waals surface area contributed by atoms with E-state index in [9.17, 15) is 4.39 Å². The monoisotopic (exact) mass is 283 g/mol. The summed E-state index contributed by atoms with van der Waals surface area (Å²) < 4.78 is 14.2. The van der Waals surface area contributed by atoms with Crippen LogP contribution in [0.3, 0.4) is 0 Å². The second-order valence-corrected chi connectivity index (χ2v) is 4.68. The third-order valence-electron chi connectivity index (χ3n) is 3.23. The molecule has 108 valence electrons. The molecular formula is C17H18FN3. The molecule has 0 bridgehead atoms. The zero-order valence-corrected chi connectivity index (χ0v) is 12.4. The zero-order valence-electron chi connectivity index (χ0n) is 12.4. The third-order valence-corrected chi connectivity index (χ3v) is 3.23. The Morgan fingerprint density at radius 2 is 1.81 bits per heavy atom. The quantitative estimate of drug-likeness (QED) is 0.685. The van der Waals surface area contributed by atoms with Crippen LogP contribution in [0.25, 0.3) is 5.57 Å². The van der Waals surface area contributed by atoms with Crippen molar-refractivity contribution in [2.24, 2.45) is 4.99 Å². The minimum atomic E-state index is -0.543. The number of aromatic nitrogens is 1. The highest BCUT2D eigenvalue weighted by atomic mass is 19.1. The Morgan fingerprint density at radius 1 is 1.14 bits per heavy atom. The third kappa shape index (κ3) is 2.99. The first-order valence-electron chi connectivity index (χ1n) is 6.65. The molecule has 2 rings (SSSR count). The van der Waals surface area contributed by atoms with Crippen molar-refractivity contribution in [2.75, 3.05) is 19.4 Å². The average molecular weight is 283 g/mol. The number of anilines is 1. The predicted octanol–water partition coefficient (Wildman–Crippen LogP) is 3.76. The van der Waals surface area contributed by atoms with Crippen molar-refractivity contribution in [1.29, 1.82) is 0 Å². The number of rotatable bonds is 4. The fourth-order valence-corrected chi connectivity index (χ4v) is 2.20. The molecule has 2 aromatic rings. The SMILES string of the molecule is C=C(C)c1ccccc1/C(=N\C)c1ccc(NC)nc1F. The van der Waals surface area contributed by atoms with Gasteiger partial charge in [-0.05, 0) is 24.6 Å². The van der Waals surface area contributed by atoms with Crippen LogP contribution in [0.15, 0.2) is 48.0 Å². The van der Waals surface area contributed by atoms with Crippen molar-refractivity contribution in [3.8, 4) is 0 Å². The maximum absolute atomic E-state index is 14.2. The first kappa shape index (κ1) is 14.9. The first-order valence-corrected chi connectivity index (χ1v) is 6.65. The Labute approximate surface area is 124 Å². The molecule has 0 amide bonds. The molecule has 0 spiro atoms. The minimum absolute atomic E-state index is 0.380. The number of hydrogen-bond acceptors (Lipinski definition) is 3. The molecule has 1 N–H and O–H groups in total. The molecule has 0 unspecified atom stereocenters. The summed E-state index contributed by atoms with van der Waals surface area (Å²) in [6.07, 6.45) is 0. The maximum Gasteiger partial charge on any atom is 0.224 e. The highest BCUT2D eigenvalue weighted by Gasteiger charge is 2.16. The van der Waals surface area contributed by atoms with Crippen LogP contribution >= 0.6 is 0 Å². The summed E-state index contributed by atoms with van der Waals surface area (Å²) in [6, 6.07) is 11.1. The number of hydrogen-bond donors (Lipinski definition) is 1. The Morgan fingerprint density at radius 3 is 2.33 bits per heavy atom. The van der Waals surface area contributed by atoms with Crippen molar-refractivity contribution in [3.63, 3.8) is 0 Å². The summed E-state index contributed by atoms with van der Waals surface area (Å²) in [7, 11) is 3.35. The number of benzene rings is 1. The summed E-state index contributed by atoms with van der Waals surface area (Å²) in [6.45, 7) is 5.89.